The summed E-state index contributed by atoms with van der Waals surface area (Å²) < 4.78 is 15.5. The Morgan fingerprint density at radius 1 is 1.64 bits per heavy atom. The predicted molar refractivity (Wildman–Crippen MR) is 40.8 cm³/mol. The summed E-state index contributed by atoms with van der Waals surface area (Å²) in [5.74, 6) is 0. The van der Waals surface area contributed by atoms with Crippen LogP contribution in [0.1, 0.15) is 0 Å². The molecule has 1 atom stereocenters. The minimum absolute atomic E-state index is 0. The van der Waals surface area contributed by atoms with Crippen molar-refractivity contribution in [2.24, 2.45) is 0 Å². The van der Waals surface area contributed by atoms with Crippen molar-refractivity contribution in [2.75, 3.05) is 0 Å². The van der Waals surface area contributed by atoms with Crippen molar-refractivity contribution in [3.63, 3.8) is 0 Å². The summed E-state index contributed by atoms with van der Waals surface area (Å²) in [6.45, 7) is 0. The van der Waals surface area contributed by atoms with Crippen LogP contribution in [0.15, 0.2) is 24.8 Å². The van der Waals surface area contributed by atoms with Crippen LogP contribution >= 0.6 is 8.25 Å². The van der Waals surface area contributed by atoms with Gasteiger partial charge in [0, 0.05) is 6.07 Å². The second-order valence-corrected chi connectivity index (χ2v) is 2.19. The van der Waals surface area contributed by atoms with Gasteiger partial charge in [-0.15, -0.1) is 0 Å². The van der Waals surface area contributed by atoms with E-state index in [4.69, 9.17) is 4.89 Å². The zero-order chi connectivity index (χ0) is 7.40. The second-order valence-electron chi connectivity index (χ2n) is 1.47. The fraction of sp³-hybridized carbons (Fsp3) is 0. The normalized spacial score (nSPS) is 11.4. The van der Waals surface area contributed by atoms with E-state index in [1.54, 1.807) is 6.07 Å². The summed E-state index contributed by atoms with van der Waals surface area (Å²) in [6.07, 6.45) is 4.30. The lowest BCUT2D eigenvalue weighted by Crippen LogP contribution is -2.38. The first kappa shape index (κ1) is 10.8. The maximum absolute atomic E-state index is 10.1. The predicted octanol–water partition coefficient (Wildman–Crippen LogP) is -1.74. The molecule has 1 rings (SSSR count). The minimum Gasteiger partial charge on any atom is -0.315 e. The minimum atomic E-state index is -2.91. The number of hydrogen-bond acceptors (Lipinski definition) is 3. The van der Waals surface area contributed by atoms with Gasteiger partial charge in [-0.05, 0) is 4.73 Å². The molecule has 1 N–H and O–H groups in total. The maximum Gasteiger partial charge on any atom is 0.407 e. The fourth-order valence-corrected chi connectivity index (χ4v) is 0.748. The van der Waals surface area contributed by atoms with Crippen LogP contribution in [-0.4, -0.2) is 32.9 Å². The van der Waals surface area contributed by atoms with Crippen LogP contribution in [-0.2, 0) is 4.57 Å². The highest BCUT2D eigenvalue weighted by Crippen LogP contribution is 2.03. The van der Waals surface area contributed by atoms with E-state index in [2.05, 4.69) is 9.61 Å². The van der Waals surface area contributed by atoms with E-state index in [0.29, 0.717) is 0 Å². The van der Waals surface area contributed by atoms with Crippen molar-refractivity contribution in [2.45, 2.75) is 0 Å². The molecule has 1 heterocycles. The topological polar surface area (TPSA) is 63.3 Å². The smallest absolute Gasteiger partial charge is 0.315 e. The van der Waals surface area contributed by atoms with Crippen LogP contribution in [0.4, 0.5) is 0 Å². The summed E-state index contributed by atoms with van der Waals surface area (Å²) in [5.41, 5.74) is 0. The van der Waals surface area contributed by atoms with E-state index < -0.39 is 8.25 Å². The van der Waals surface area contributed by atoms with Gasteiger partial charge in [-0.25, -0.2) is 4.57 Å². The summed E-state index contributed by atoms with van der Waals surface area (Å²) in [7, 11) is -2.91. The van der Waals surface area contributed by atoms with Gasteiger partial charge in [-0.1, -0.05) is 4.98 Å². The molecular weight excluding hydrogens is 179 g/mol. The molecule has 1 unspecified atom stereocenters. The molecule has 0 saturated heterocycles. The highest BCUT2D eigenvalue weighted by molar-refractivity contribution is 7.32. The monoisotopic (exact) mass is 187 g/mol. The third-order valence-corrected chi connectivity index (χ3v) is 1.14. The van der Waals surface area contributed by atoms with E-state index in [9.17, 15) is 4.57 Å². The van der Waals surface area contributed by atoms with Crippen LogP contribution in [0.2, 0.25) is 0 Å². The molecule has 58 valence electrons. The van der Waals surface area contributed by atoms with Crippen molar-refractivity contribution in [3.8, 4) is 0 Å². The summed E-state index contributed by atoms with van der Waals surface area (Å²) in [5, 5.41) is 0. The summed E-state index contributed by atoms with van der Waals surface area (Å²) in [4.78, 5) is 11.9. The van der Waals surface area contributed by atoms with E-state index in [0.717, 1.165) is 4.73 Å². The second kappa shape index (κ2) is 5.48. The molecule has 5 nitrogen and oxygen atoms in total. The Kier molecular flexibility index (Phi) is 5.40. The van der Waals surface area contributed by atoms with E-state index >= 15 is 0 Å². The van der Waals surface area contributed by atoms with Gasteiger partial charge in [0.15, 0.2) is 0 Å². The Bertz CT molecular complexity index is 232. The van der Waals surface area contributed by atoms with Gasteiger partial charge in [0.2, 0.25) is 0 Å². The van der Waals surface area contributed by atoms with Gasteiger partial charge in [0.05, 0.1) is 0 Å². The molecule has 0 aliphatic heterocycles. The van der Waals surface area contributed by atoms with E-state index in [1.165, 1.54) is 18.7 Å². The van der Waals surface area contributed by atoms with Crippen molar-refractivity contribution >= 4 is 31.3 Å². The molecule has 0 fully saturated rings. The van der Waals surface area contributed by atoms with Crippen LogP contribution in [0, 0.1) is 0 Å². The maximum atomic E-state index is 10.1. The van der Waals surface area contributed by atoms with Gasteiger partial charge in [0.1, 0.15) is 12.4 Å². The van der Waals surface area contributed by atoms with Gasteiger partial charge in [-0.2, -0.15) is 0 Å². The lowest BCUT2D eigenvalue weighted by Gasteiger charge is -1.92. The largest absolute Gasteiger partial charge is 0.407 e. The number of hydrogen-bond donors (Lipinski definition) is 1. The Morgan fingerprint density at radius 3 is 2.82 bits per heavy atom. The fourth-order valence-electron chi connectivity index (χ4n) is 0.460. The first-order chi connectivity index (χ1) is 4.79. The van der Waals surface area contributed by atoms with Gasteiger partial charge < -0.3 is 4.89 Å². The third-order valence-electron chi connectivity index (χ3n) is 0.769. The van der Waals surface area contributed by atoms with Crippen molar-refractivity contribution < 1.29 is 18.8 Å². The number of rotatable bonds is 2. The molecule has 11 heavy (non-hydrogen) atoms. The molecule has 0 aliphatic rings. The molecule has 7 heteroatoms. The molecule has 0 amide bonds. The van der Waals surface area contributed by atoms with Crippen molar-refractivity contribution in [3.05, 3.63) is 24.8 Å². The van der Waals surface area contributed by atoms with Gasteiger partial charge >= 0.3 is 37.6 Å². The van der Waals surface area contributed by atoms with Crippen LogP contribution in [0.25, 0.3) is 0 Å². The average molecular weight is 187 g/mol. The van der Waals surface area contributed by atoms with E-state index in [-0.39, 0.29) is 23.1 Å². The molecule has 0 aromatic carbocycles. The standard InChI is InChI=1S/C4H5N2O3P.Mg.2H/c7-10(8)9-6-3-1-2-5-4-6;;;/h1-4,10H;;;/p+1. The van der Waals surface area contributed by atoms with Crippen LogP contribution in [0.5, 0.6) is 0 Å². The number of nitrogens with zero attached hydrogens (tertiary/aromatic N) is 2. The highest BCUT2D eigenvalue weighted by atomic mass is 31.1. The summed E-state index contributed by atoms with van der Waals surface area (Å²) >= 11 is 0. The van der Waals surface area contributed by atoms with Crippen LogP contribution < -0.4 is 9.35 Å². The molecule has 1 aromatic rings. The average Bonchev–Trinajstić information content (AvgIpc) is 1.88. The molecule has 0 radical (unpaired) electrons. The van der Waals surface area contributed by atoms with Crippen molar-refractivity contribution in [1.82, 2.24) is 4.98 Å². The molecule has 0 bridgehead atoms. The molecule has 0 spiro atoms. The first-order valence-electron chi connectivity index (χ1n) is 2.51. The quantitative estimate of drug-likeness (QED) is 0.339. The first-order valence-corrected chi connectivity index (χ1v) is 3.78. The SMILES string of the molecule is O=[PH](O)O[n+]1cccnc1.[MgH2]. The Balaban J connectivity index is 0.000001000. The summed E-state index contributed by atoms with van der Waals surface area (Å²) in [6, 6.07) is 1.59. The zero-order valence-electron chi connectivity index (χ0n) is 4.97. The lowest BCUT2D eigenvalue weighted by atomic mass is 10.7. The Morgan fingerprint density at radius 2 is 2.36 bits per heavy atom. The molecule has 0 saturated carbocycles. The molecular formula is C4H8MgN2O3P+. The molecule has 1 aromatic heterocycles. The van der Waals surface area contributed by atoms with Crippen molar-refractivity contribution in [1.29, 1.82) is 0 Å². The van der Waals surface area contributed by atoms with E-state index in [1.807, 2.05) is 0 Å². The number of aromatic nitrogens is 2. The zero-order valence-corrected chi connectivity index (χ0v) is 5.97. The van der Waals surface area contributed by atoms with Gasteiger partial charge in [0.25, 0.3) is 0 Å². The third kappa shape index (κ3) is 4.31. The lowest BCUT2D eigenvalue weighted by molar-refractivity contribution is -0.860. The van der Waals surface area contributed by atoms with Crippen LogP contribution in [0.3, 0.4) is 0 Å². The Hall–Kier alpha value is -0.164. The highest BCUT2D eigenvalue weighted by Gasteiger charge is 1.97. The molecule has 0 aliphatic carbocycles. The Labute approximate surface area is 80.1 Å². The van der Waals surface area contributed by atoms with Gasteiger partial charge in [-0.3, -0.25) is 4.62 Å².